The van der Waals surface area contributed by atoms with Gasteiger partial charge in [-0.1, -0.05) is 39.8 Å². The molecule has 0 saturated carbocycles. The van der Waals surface area contributed by atoms with Crippen molar-refractivity contribution in [1.82, 2.24) is 4.57 Å². The van der Waals surface area contributed by atoms with E-state index >= 15 is 0 Å². The van der Waals surface area contributed by atoms with Crippen LogP contribution in [0.5, 0.6) is 0 Å². The van der Waals surface area contributed by atoms with Crippen LogP contribution in [0.4, 0.5) is 0 Å². The summed E-state index contributed by atoms with van der Waals surface area (Å²) in [7, 11) is 0. The van der Waals surface area contributed by atoms with Crippen LogP contribution in [-0.2, 0) is 0 Å². The molecule has 2 nitrogen and oxygen atoms in total. The molecule has 1 atom stereocenters. The average molecular weight is 308 g/mol. The van der Waals surface area contributed by atoms with Gasteiger partial charge in [-0.05, 0) is 30.7 Å². The van der Waals surface area contributed by atoms with E-state index in [1.807, 2.05) is 37.4 Å². The van der Waals surface area contributed by atoms with Crippen LogP contribution >= 0.6 is 27.7 Å². The van der Waals surface area contributed by atoms with E-state index in [4.69, 9.17) is 0 Å². The SMILES string of the molecule is C[C@@H]1Sc2cc(-c3ccc(Br)cc3)cn2C1=O. The third-order valence-electron chi connectivity index (χ3n) is 2.84. The Bertz CT molecular complexity index is 588. The number of carbonyl (C=O) groups excluding carboxylic acids is 1. The van der Waals surface area contributed by atoms with Crippen LogP contribution in [-0.4, -0.2) is 15.7 Å². The molecule has 0 unspecified atom stereocenters. The van der Waals surface area contributed by atoms with Crippen molar-refractivity contribution in [3.8, 4) is 11.1 Å². The molecule has 0 amide bonds. The normalized spacial score (nSPS) is 18.5. The minimum Gasteiger partial charge on any atom is -0.280 e. The largest absolute Gasteiger partial charge is 0.280 e. The highest BCUT2D eigenvalue weighted by atomic mass is 79.9. The van der Waals surface area contributed by atoms with E-state index in [1.54, 1.807) is 16.3 Å². The summed E-state index contributed by atoms with van der Waals surface area (Å²) in [5.74, 6) is 0.174. The topological polar surface area (TPSA) is 22.0 Å². The third-order valence-corrected chi connectivity index (χ3v) is 4.48. The third kappa shape index (κ3) is 1.85. The first-order chi connectivity index (χ1) is 8.15. The molecule has 4 heteroatoms. The Balaban J connectivity index is 2.02. The summed E-state index contributed by atoms with van der Waals surface area (Å²) in [5, 5.41) is 1.09. The quantitative estimate of drug-likeness (QED) is 0.793. The number of carbonyl (C=O) groups is 1. The number of rotatable bonds is 1. The van der Waals surface area contributed by atoms with E-state index in [9.17, 15) is 4.79 Å². The van der Waals surface area contributed by atoms with Crippen molar-refractivity contribution >= 4 is 33.6 Å². The maximum Gasteiger partial charge on any atom is 0.244 e. The lowest BCUT2D eigenvalue weighted by Gasteiger charge is -2.00. The second-order valence-electron chi connectivity index (χ2n) is 4.04. The Labute approximate surface area is 112 Å². The molecular weight excluding hydrogens is 298 g/mol. The van der Waals surface area contributed by atoms with Crippen molar-refractivity contribution in [2.24, 2.45) is 0 Å². The van der Waals surface area contributed by atoms with Crippen LogP contribution in [0.1, 0.15) is 11.7 Å². The summed E-state index contributed by atoms with van der Waals surface area (Å²) >= 11 is 5.04. The molecule has 0 spiro atoms. The second kappa shape index (κ2) is 4.03. The van der Waals surface area contributed by atoms with Crippen LogP contribution in [0.2, 0.25) is 0 Å². The number of benzene rings is 1. The number of thioether (sulfide) groups is 1. The van der Waals surface area contributed by atoms with Gasteiger partial charge in [0.05, 0.1) is 10.3 Å². The summed E-state index contributed by atoms with van der Waals surface area (Å²) in [6, 6.07) is 10.2. The van der Waals surface area contributed by atoms with Crippen molar-refractivity contribution in [2.75, 3.05) is 0 Å². The van der Waals surface area contributed by atoms with E-state index < -0.39 is 0 Å². The first kappa shape index (κ1) is 11.1. The average Bonchev–Trinajstić information content (AvgIpc) is 2.82. The molecule has 1 aliphatic heterocycles. The zero-order chi connectivity index (χ0) is 12.0. The summed E-state index contributed by atoms with van der Waals surface area (Å²) in [4.78, 5) is 11.8. The zero-order valence-corrected chi connectivity index (χ0v) is 11.6. The molecular formula is C13H10BrNOS. The maximum atomic E-state index is 11.8. The molecule has 0 saturated heterocycles. The fourth-order valence-corrected chi connectivity index (χ4v) is 3.23. The van der Waals surface area contributed by atoms with Crippen LogP contribution in [0.3, 0.4) is 0 Å². The van der Waals surface area contributed by atoms with Crippen molar-refractivity contribution in [3.63, 3.8) is 0 Å². The standard InChI is InChI=1S/C13H10BrNOS/c1-8-13(16)15-7-10(6-12(15)17-8)9-2-4-11(14)5-3-9/h2-8H,1H3/t8-/m0/s1. The molecule has 0 radical (unpaired) electrons. The van der Waals surface area contributed by atoms with Crippen LogP contribution in [0.15, 0.2) is 46.0 Å². The predicted octanol–water partition coefficient (Wildman–Crippen LogP) is 4.05. The predicted molar refractivity (Wildman–Crippen MR) is 73.5 cm³/mol. The van der Waals surface area contributed by atoms with Crippen LogP contribution < -0.4 is 0 Å². The van der Waals surface area contributed by atoms with Gasteiger partial charge in [0.15, 0.2) is 0 Å². The molecule has 1 aromatic carbocycles. The molecule has 0 fully saturated rings. The van der Waals surface area contributed by atoms with Gasteiger partial charge in [0.25, 0.3) is 0 Å². The highest BCUT2D eigenvalue weighted by molar-refractivity contribution is 9.10. The summed E-state index contributed by atoms with van der Waals surface area (Å²) in [5.41, 5.74) is 2.23. The van der Waals surface area contributed by atoms with Gasteiger partial charge in [-0.25, -0.2) is 0 Å². The fourth-order valence-electron chi connectivity index (χ4n) is 1.93. The lowest BCUT2D eigenvalue weighted by Crippen LogP contribution is -2.12. The first-order valence-corrected chi connectivity index (χ1v) is 7.01. The molecule has 1 aliphatic rings. The Hall–Kier alpha value is -1.00. The smallest absolute Gasteiger partial charge is 0.244 e. The number of halogens is 1. The molecule has 0 N–H and O–H groups in total. The van der Waals surface area contributed by atoms with Gasteiger partial charge in [0.2, 0.25) is 5.91 Å². The van der Waals surface area contributed by atoms with Crippen LogP contribution in [0, 0.1) is 0 Å². The summed E-state index contributed by atoms with van der Waals surface area (Å²) < 4.78 is 2.82. The number of fused-ring (bicyclic) bond motifs is 1. The zero-order valence-electron chi connectivity index (χ0n) is 9.18. The molecule has 0 bridgehead atoms. The Kier molecular flexibility index (Phi) is 2.64. The molecule has 86 valence electrons. The van der Waals surface area contributed by atoms with E-state index in [0.717, 1.165) is 20.6 Å². The summed E-state index contributed by atoms with van der Waals surface area (Å²) in [6.45, 7) is 1.94. The molecule has 2 aromatic rings. The highest BCUT2D eigenvalue weighted by Gasteiger charge is 2.28. The van der Waals surface area contributed by atoms with Gasteiger partial charge in [-0.2, -0.15) is 0 Å². The van der Waals surface area contributed by atoms with Crippen molar-refractivity contribution in [1.29, 1.82) is 0 Å². The minimum absolute atomic E-state index is 0.0453. The summed E-state index contributed by atoms with van der Waals surface area (Å²) in [6.07, 6.45) is 1.93. The van der Waals surface area contributed by atoms with Crippen molar-refractivity contribution in [3.05, 3.63) is 41.0 Å². The molecule has 2 heterocycles. The number of nitrogens with zero attached hydrogens (tertiary/aromatic N) is 1. The van der Waals surface area contributed by atoms with Gasteiger partial charge in [-0.15, -0.1) is 0 Å². The Morgan fingerprint density at radius 3 is 2.59 bits per heavy atom. The lowest BCUT2D eigenvalue weighted by molar-refractivity contribution is 0.0915. The van der Waals surface area contributed by atoms with Crippen molar-refractivity contribution in [2.45, 2.75) is 17.2 Å². The fraction of sp³-hybridized carbons (Fsp3) is 0.154. The van der Waals surface area contributed by atoms with Gasteiger partial charge >= 0.3 is 0 Å². The van der Waals surface area contributed by atoms with E-state index in [1.165, 1.54) is 0 Å². The maximum absolute atomic E-state index is 11.8. The van der Waals surface area contributed by atoms with E-state index in [-0.39, 0.29) is 11.2 Å². The lowest BCUT2D eigenvalue weighted by atomic mass is 10.1. The van der Waals surface area contributed by atoms with E-state index in [2.05, 4.69) is 22.0 Å². The second-order valence-corrected chi connectivity index (χ2v) is 6.32. The number of hydrogen-bond acceptors (Lipinski definition) is 2. The molecule has 17 heavy (non-hydrogen) atoms. The van der Waals surface area contributed by atoms with E-state index in [0.29, 0.717) is 0 Å². The Morgan fingerprint density at radius 2 is 1.94 bits per heavy atom. The Morgan fingerprint density at radius 1 is 1.24 bits per heavy atom. The van der Waals surface area contributed by atoms with Gasteiger partial charge in [-0.3, -0.25) is 9.36 Å². The first-order valence-electron chi connectivity index (χ1n) is 5.34. The van der Waals surface area contributed by atoms with Crippen molar-refractivity contribution < 1.29 is 4.79 Å². The van der Waals surface area contributed by atoms with Gasteiger partial charge in [0.1, 0.15) is 0 Å². The highest BCUT2D eigenvalue weighted by Crippen LogP contribution is 2.36. The molecule has 1 aromatic heterocycles. The van der Waals surface area contributed by atoms with Gasteiger partial charge in [0, 0.05) is 16.2 Å². The number of hydrogen-bond donors (Lipinski definition) is 0. The number of aromatic nitrogens is 1. The van der Waals surface area contributed by atoms with Crippen LogP contribution in [0.25, 0.3) is 11.1 Å². The monoisotopic (exact) mass is 307 g/mol. The molecule has 0 aliphatic carbocycles. The van der Waals surface area contributed by atoms with Gasteiger partial charge < -0.3 is 0 Å². The minimum atomic E-state index is 0.0453. The molecule has 3 rings (SSSR count).